The number of benzene rings is 1. The summed E-state index contributed by atoms with van der Waals surface area (Å²) in [5, 5.41) is 8.21. The van der Waals surface area contributed by atoms with Crippen LogP contribution < -0.4 is 5.32 Å². The van der Waals surface area contributed by atoms with Crippen LogP contribution in [0.4, 0.5) is 4.39 Å². The van der Waals surface area contributed by atoms with E-state index in [1.54, 1.807) is 18.4 Å². The molecule has 1 N–H and O–H groups in total. The number of furan rings is 1. The smallest absolute Gasteiger partial charge is 0.123 e. The first-order valence-electron chi connectivity index (χ1n) is 8.88. The van der Waals surface area contributed by atoms with Gasteiger partial charge in [-0.3, -0.25) is 0 Å². The van der Waals surface area contributed by atoms with Crippen LogP contribution in [0.5, 0.6) is 0 Å². The summed E-state index contributed by atoms with van der Waals surface area (Å²) in [5.74, 6) is 1.04. The van der Waals surface area contributed by atoms with Crippen LogP contribution in [0.25, 0.3) is 5.69 Å². The fourth-order valence-corrected chi connectivity index (χ4v) is 3.73. The molecule has 26 heavy (non-hydrogen) atoms. The van der Waals surface area contributed by atoms with Crippen molar-refractivity contribution in [2.24, 2.45) is 0 Å². The van der Waals surface area contributed by atoms with Gasteiger partial charge in [-0.25, -0.2) is 9.07 Å². The Kier molecular flexibility index (Phi) is 4.47. The van der Waals surface area contributed by atoms with E-state index >= 15 is 0 Å². The van der Waals surface area contributed by atoms with Crippen molar-refractivity contribution in [3.8, 4) is 5.69 Å². The van der Waals surface area contributed by atoms with Crippen molar-refractivity contribution >= 4 is 0 Å². The monoisotopic (exact) mass is 351 g/mol. The lowest BCUT2D eigenvalue weighted by Crippen LogP contribution is -2.25. The fraction of sp³-hybridized carbons (Fsp3) is 0.286. The minimum absolute atomic E-state index is 0.236. The first-order valence-corrected chi connectivity index (χ1v) is 8.88. The summed E-state index contributed by atoms with van der Waals surface area (Å²) in [4.78, 5) is 0. The normalized spacial score (nSPS) is 19.3. The molecule has 2 unspecified atom stereocenters. The molecule has 2 atom stereocenters. The van der Waals surface area contributed by atoms with Crippen LogP contribution in [0.2, 0.25) is 0 Å². The van der Waals surface area contributed by atoms with Crippen LogP contribution in [-0.2, 0) is 6.54 Å². The van der Waals surface area contributed by atoms with Crippen molar-refractivity contribution in [2.45, 2.75) is 38.8 Å². The number of aryl methyl sites for hydroxylation is 1. The zero-order chi connectivity index (χ0) is 18.1. The van der Waals surface area contributed by atoms with Crippen LogP contribution in [0.1, 0.15) is 35.1 Å². The van der Waals surface area contributed by atoms with Crippen LogP contribution in [0.15, 0.2) is 59.2 Å². The highest BCUT2D eigenvalue weighted by Crippen LogP contribution is 2.34. The van der Waals surface area contributed by atoms with E-state index in [0.717, 1.165) is 35.8 Å². The molecule has 0 radical (unpaired) electrons. The van der Waals surface area contributed by atoms with Crippen molar-refractivity contribution in [1.29, 1.82) is 0 Å². The average molecular weight is 351 g/mol. The average Bonchev–Trinajstić information content (AvgIpc) is 3.35. The molecular formula is C21H22FN3O. The van der Waals surface area contributed by atoms with Crippen molar-refractivity contribution in [2.75, 3.05) is 0 Å². The van der Waals surface area contributed by atoms with Crippen LogP contribution in [-0.4, -0.2) is 15.8 Å². The molecule has 134 valence electrons. The summed E-state index contributed by atoms with van der Waals surface area (Å²) < 4.78 is 20.5. The first kappa shape index (κ1) is 16.8. The highest BCUT2D eigenvalue weighted by Gasteiger charge is 2.26. The van der Waals surface area contributed by atoms with E-state index in [1.807, 2.05) is 23.7 Å². The molecule has 4 nitrogen and oxygen atoms in total. The van der Waals surface area contributed by atoms with Crippen molar-refractivity contribution in [3.05, 3.63) is 83.3 Å². The Morgan fingerprint density at radius 2 is 2.00 bits per heavy atom. The maximum Gasteiger partial charge on any atom is 0.123 e. The lowest BCUT2D eigenvalue weighted by atomic mass is 9.96. The summed E-state index contributed by atoms with van der Waals surface area (Å²) in [5.41, 5.74) is 4.27. The van der Waals surface area contributed by atoms with E-state index in [-0.39, 0.29) is 5.82 Å². The molecule has 2 heterocycles. The second-order valence-corrected chi connectivity index (χ2v) is 6.77. The molecule has 0 saturated heterocycles. The Hall–Kier alpha value is -2.66. The van der Waals surface area contributed by atoms with Gasteiger partial charge < -0.3 is 9.73 Å². The first-order chi connectivity index (χ1) is 12.6. The third-order valence-corrected chi connectivity index (χ3v) is 4.99. The number of aromatic nitrogens is 2. The highest BCUT2D eigenvalue weighted by molar-refractivity contribution is 5.41. The van der Waals surface area contributed by atoms with Gasteiger partial charge in [0, 0.05) is 23.2 Å². The molecular weight excluding hydrogens is 329 g/mol. The molecule has 0 amide bonds. The third kappa shape index (κ3) is 3.22. The quantitative estimate of drug-likeness (QED) is 0.692. The minimum Gasteiger partial charge on any atom is -0.468 e. The van der Waals surface area contributed by atoms with Gasteiger partial charge in [0.2, 0.25) is 0 Å². The van der Waals surface area contributed by atoms with Gasteiger partial charge in [-0.1, -0.05) is 12.2 Å². The fourth-order valence-electron chi connectivity index (χ4n) is 3.73. The van der Waals surface area contributed by atoms with Crippen molar-refractivity contribution in [1.82, 2.24) is 15.1 Å². The second-order valence-electron chi connectivity index (χ2n) is 6.77. The SMILES string of the molecule is Cc1nn(-c2ccc(F)cc2)c(C)c1C1C=CC(NCc2ccco2)C1. The standard InChI is InChI=1S/C21H22FN3O/c1-14-21(15(2)25(24-14)19-9-6-17(22)7-10-19)16-5-8-18(12-16)23-13-20-4-3-11-26-20/h3-11,16,18,23H,12-13H2,1-2H3. The molecule has 0 spiro atoms. The van der Waals surface area contributed by atoms with Crippen LogP contribution in [0, 0.1) is 19.7 Å². The molecule has 1 aliphatic rings. The third-order valence-electron chi connectivity index (χ3n) is 4.99. The topological polar surface area (TPSA) is 43.0 Å². The van der Waals surface area contributed by atoms with Crippen molar-refractivity contribution in [3.63, 3.8) is 0 Å². The number of halogens is 1. The summed E-state index contributed by atoms with van der Waals surface area (Å²) in [6.07, 6.45) is 7.17. The Morgan fingerprint density at radius 3 is 2.73 bits per heavy atom. The molecule has 0 bridgehead atoms. The molecule has 1 aliphatic carbocycles. The lowest BCUT2D eigenvalue weighted by molar-refractivity contribution is 0.461. The molecule has 1 aromatic carbocycles. The van der Waals surface area contributed by atoms with E-state index in [2.05, 4.69) is 24.4 Å². The zero-order valence-corrected chi connectivity index (χ0v) is 14.9. The summed E-state index contributed by atoms with van der Waals surface area (Å²) in [6, 6.07) is 10.7. The van der Waals surface area contributed by atoms with E-state index < -0.39 is 0 Å². The molecule has 0 fully saturated rings. The van der Waals surface area contributed by atoms with E-state index in [4.69, 9.17) is 9.52 Å². The van der Waals surface area contributed by atoms with E-state index in [0.29, 0.717) is 12.0 Å². The number of hydrogen-bond acceptors (Lipinski definition) is 3. The lowest BCUT2D eigenvalue weighted by Gasteiger charge is -2.14. The Balaban J connectivity index is 1.50. The molecule has 5 heteroatoms. The number of hydrogen-bond donors (Lipinski definition) is 1. The number of allylic oxidation sites excluding steroid dienone is 1. The minimum atomic E-state index is -0.236. The summed E-state index contributed by atoms with van der Waals surface area (Å²) >= 11 is 0. The Bertz CT molecular complexity index is 910. The van der Waals surface area contributed by atoms with Gasteiger partial charge in [-0.2, -0.15) is 5.10 Å². The van der Waals surface area contributed by atoms with Gasteiger partial charge >= 0.3 is 0 Å². The van der Waals surface area contributed by atoms with Gasteiger partial charge in [0.15, 0.2) is 0 Å². The molecule has 3 aromatic rings. The highest BCUT2D eigenvalue weighted by atomic mass is 19.1. The Labute approximate surface area is 152 Å². The largest absolute Gasteiger partial charge is 0.468 e. The second kappa shape index (κ2) is 6.92. The molecule has 0 saturated carbocycles. The number of nitrogens with one attached hydrogen (secondary N) is 1. The maximum absolute atomic E-state index is 13.2. The van der Waals surface area contributed by atoms with Gasteiger partial charge in [0.25, 0.3) is 0 Å². The zero-order valence-electron chi connectivity index (χ0n) is 14.9. The number of rotatable bonds is 5. The predicted octanol–water partition coefficient (Wildman–Crippen LogP) is 4.42. The van der Waals surface area contributed by atoms with Crippen LogP contribution >= 0.6 is 0 Å². The summed E-state index contributed by atoms with van der Waals surface area (Å²) in [7, 11) is 0. The predicted molar refractivity (Wildman–Crippen MR) is 98.8 cm³/mol. The van der Waals surface area contributed by atoms with Gasteiger partial charge in [0.05, 0.1) is 24.2 Å². The maximum atomic E-state index is 13.2. The van der Waals surface area contributed by atoms with E-state index in [9.17, 15) is 4.39 Å². The molecule has 4 rings (SSSR count). The summed E-state index contributed by atoms with van der Waals surface area (Å²) in [6.45, 7) is 4.84. The Morgan fingerprint density at radius 1 is 1.19 bits per heavy atom. The van der Waals surface area contributed by atoms with Gasteiger partial charge in [-0.05, 0) is 56.7 Å². The van der Waals surface area contributed by atoms with E-state index in [1.165, 1.54) is 17.7 Å². The van der Waals surface area contributed by atoms with Crippen molar-refractivity contribution < 1.29 is 8.81 Å². The van der Waals surface area contributed by atoms with Gasteiger partial charge in [0.1, 0.15) is 11.6 Å². The van der Waals surface area contributed by atoms with Gasteiger partial charge in [-0.15, -0.1) is 0 Å². The molecule has 0 aliphatic heterocycles. The number of nitrogens with zero attached hydrogens (tertiary/aromatic N) is 2. The van der Waals surface area contributed by atoms with Crippen LogP contribution in [0.3, 0.4) is 0 Å². The molecule has 2 aromatic heterocycles.